The van der Waals surface area contributed by atoms with Gasteiger partial charge in [-0.15, -0.1) is 0 Å². The van der Waals surface area contributed by atoms with E-state index in [0.717, 1.165) is 31.6 Å². The molecule has 1 aliphatic rings. The van der Waals surface area contributed by atoms with E-state index in [1.54, 1.807) is 12.4 Å². The van der Waals surface area contributed by atoms with Crippen molar-refractivity contribution >= 4 is 5.91 Å². The second-order valence-electron chi connectivity index (χ2n) is 4.36. The molecule has 1 atom stereocenters. The smallest absolute Gasteiger partial charge is 0.227 e. The maximum atomic E-state index is 12.2. The molecule has 1 fully saturated rings. The molecule has 0 bridgehead atoms. The minimum absolute atomic E-state index is 0.203. The average molecular weight is 233 g/mol. The fourth-order valence-corrected chi connectivity index (χ4v) is 2.32. The Morgan fingerprint density at radius 3 is 3.12 bits per heavy atom. The highest BCUT2D eigenvalue weighted by Crippen LogP contribution is 2.10. The molecule has 2 heterocycles. The fraction of sp³-hybridized carbons (Fsp3) is 0.538. The third-order valence-electron chi connectivity index (χ3n) is 3.21. The van der Waals surface area contributed by atoms with E-state index in [-0.39, 0.29) is 5.91 Å². The van der Waals surface area contributed by atoms with Crippen LogP contribution >= 0.6 is 0 Å². The number of hydrogen-bond acceptors (Lipinski definition) is 3. The van der Waals surface area contributed by atoms with E-state index in [1.807, 2.05) is 24.0 Å². The van der Waals surface area contributed by atoms with Crippen LogP contribution in [-0.4, -0.2) is 41.5 Å². The lowest BCUT2D eigenvalue weighted by Crippen LogP contribution is -2.42. The second-order valence-corrected chi connectivity index (χ2v) is 4.36. The first-order valence-corrected chi connectivity index (χ1v) is 6.20. The van der Waals surface area contributed by atoms with Gasteiger partial charge in [0.2, 0.25) is 5.91 Å². The Morgan fingerprint density at radius 2 is 2.53 bits per heavy atom. The van der Waals surface area contributed by atoms with E-state index in [1.165, 1.54) is 0 Å². The molecule has 1 aliphatic heterocycles. The SMILES string of the molecule is CCN(C(=O)Cc1cccnc1)C1CCNC1. The molecule has 1 aromatic heterocycles. The predicted octanol–water partition coefficient (Wildman–Crippen LogP) is 0.835. The topological polar surface area (TPSA) is 45.2 Å². The number of pyridine rings is 1. The summed E-state index contributed by atoms with van der Waals surface area (Å²) in [4.78, 5) is 18.2. The van der Waals surface area contributed by atoms with Gasteiger partial charge in [-0.05, 0) is 31.5 Å². The van der Waals surface area contributed by atoms with Crippen molar-refractivity contribution in [1.82, 2.24) is 15.2 Å². The van der Waals surface area contributed by atoms with Gasteiger partial charge in [0, 0.05) is 31.5 Å². The highest BCUT2D eigenvalue weighted by atomic mass is 16.2. The largest absolute Gasteiger partial charge is 0.338 e. The quantitative estimate of drug-likeness (QED) is 0.838. The lowest BCUT2D eigenvalue weighted by Gasteiger charge is -2.27. The molecule has 1 amide bonds. The van der Waals surface area contributed by atoms with Crippen LogP contribution in [0, 0.1) is 0 Å². The van der Waals surface area contributed by atoms with Crippen LogP contribution in [0.2, 0.25) is 0 Å². The van der Waals surface area contributed by atoms with E-state index >= 15 is 0 Å². The lowest BCUT2D eigenvalue weighted by molar-refractivity contribution is -0.132. The molecule has 1 N–H and O–H groups in total. The number of amides is 1. The van der Waals surface area contributed by atoms with E-state index in [0.29, 0.717) is 12.5 Å². The number of aromatic nitrogens is 1. The minimum atomic E-state index is 0.203. The van der Waals surface area contributed by atoms with Crippen LogP contribution in [0.4, 0.5) is 0 Å². The highest BCUT2D eigenvalue weighted by Gasteiger charge is 2.24. The van der Waals surface area contributed by atoms with Gasteiger partial charge >= 0.3 is 0 Å². The van der Waals surface area contributed by atoms with Gasteiger partial charge < -0.3 is 10.2 Å². The third-order valence-corrected chi connectivity index (χ3v) is 3.21. The average Bonchev–Trinajstić information content (AvgIpc) is 2.85. The summed E-state index contributed by atoms with van der Waals surface area (Å²) in [5, 5.41) is 3.30. The molecule has 2 rings (SSSR count). The summed E-state index contributed by atoms with van der Waals surface area (Å²) < 4.78 is 0. The Hall–Kier alpha value is -1.42. The molecule has 0 aliphatic carbocycles. The summed E-state index contributed by atoms with van der Waals surface area (Å²) in [6.07, 6.45) is 5.01. The lowest BCUT2D eigenvalue weighted by atomic mass is 10.1. The summed E-state index contributed by atoms with van der Waals surface area (Å²) in [5.74, 6) is 0.203. The van der Waals surface area contributed by atoms with Gasteiger partial charge in [-0.25, -0.2) is 0 Å². The summed E-state index contributed by atoms with van der Waals surface area (Å²) in [7, 11) is 0. The molecular formula is C13H19N3O. The number of likely N-dealkylation sites (N-methyl/N-ethyl adjacent to an activating group) is 1. The van der Waals surface area contributed by atoms with Crippen molar-refractivity contribution in [2.24, 2.45) is 0 Å². The van der Waals surface area contributed by atoms with Crippen LogP contribution in [-0.2, 0) is 11.2 Å². The molecule has 17 heavy (non-hydrogen) atoms. The van der Waals surface area contributed by atoms with Crippen LogP contribution < -0.4 is 5.32 Å². The molecule has 4 nitrogen and oxygen atoms in total. The van der Waals surface area contributed by atoms with Gasteiger partial charge in [0.05, 0.1) is 6.42 Å². The monoisotopic (exact) mass is 233 g/mol. The number of nitrogens with one attached hydrogen (secondary N) is 1. The van der Waals surface area contributed by atoms with Gasteiger partial charge in [-0.3, -0.25) is 9.78 Å². The number of carbonyl (C=O) groups excluding carboxylic acids is 1. The Bertz CT molecular complexity index is 360. The van der Waals surface area contributed by atoms with Gasteiger partial charge in [-0.2, -0.15) is 0 Å². The van der Waals surface area contributed by atoms with E-state index in [4.69, 9.17) is 0 Å². The predicted molar refractivity (Wildman–Crippen MR) is 66.6 cm³/mol. The molecule has 1 aromatic rings. The zero-order valence-electron chi connectivity index (χ0n) is 10.2. The van der Waals surface area contributed by atoms with Crippen molar-refractivity contribution in [3.63, 3.8) is 0 Å². The first-order chi connectivity index (χ1) is 8.31. The van der Waals surface area contributed by atoms with Crippen LogP contribution in [0.5, 0.6) is 0 Å². The minimum Gasteiger partial charge on any atom is -0.338 e. The number of carbonyl (C=O) groups is 1. The van der Waals surface area contributed by atoms with Crippen molar-refractivity contribution < 1.29 is 4.79 Å². The van der Waals surface area contributed by atoms with E-state index < -0.39 is 0 Å². The Balaban J connectivity index is 1.97. The maximum absolute atomic E-state index is 12.2. The highest BCUT2D eigenvalue weighted by molar-refractivity contribution is 5.79. The van der Waals surface area contributed by atoms with Crippen molar-refractivity contribution in [1.29, 1.82) is 0 Å². The van der Waals surface area contributed by atoms with Gasteiger partial charge in [0.15, 0.2) is 0 Å². The van der Waals surface area contributed by atoms with Gasteiger partial charge in [0.1, 0.15) is 0 Å². The molecule has 0 spiro atoms. The van der Waals surface area contributed by atoms with Crippen molar-refractivity contribution in [2.45, 2.75) is 25.8 Å². The van der Waals surface area contributed by atoms with Crippen molar-refractivity contribution in [2.75, 3.05) is 19.6 Å². The fourth-order valence-electron chi connectivity index (χ4n) is 2.32. The summed E-state index contributed by atoms with van der Waals surface area (Å²) in [6, 6.07) is 4.19. The third kappa shape index (κ3) is 3.03. The summed E-state index contributed by atoms with van der Waals surface area (Å²) >= 11 is 0. The summed E-state index contributed by atoms with van der Waals surface area (Å²) in [6.45, 7) is 4.76. The van der Waals surface area contributed by atoms with Crippen LogP contribution in [0.15, 0.2) is 24.5 Å². The molecular weight excluding hydrogens is 214 g/mol. The molecule has 0 radical (unpaired) electrons. The zero-order valence-corrected chi connectivity index (χ0v) is 10.2. The Morgan fingerprint density at radius 1 is 1.65 bits per heavy atom. The van der Waals surface area contributed by atoms with Crippen molar-refractivity contribution in [3.8, 4) is 0 Å². The number of nitrogens with zero attached hydrogens (tertiary/aromatic N) is 2. The number of rotatable bonds is 4. The van der Waals surface area contributed by atoms with Gasteiger partial charge in [-0.1, -0.05) is 6.07 Å². The molecule has 1 saturated heterocycles. The first-order valence-electron chi connectivity index (χ1n) is 6.20. The Kier molecular flexibility index (Phi) is 4.09. The van der Waals surface area contributed by atoms with Crippen LogP contribution in [0.3, 0.4) is 0 Å². The van der Waals surface area contributed by atoms with Crippen LogP contribution in [0.25, 0.3) is 0 Å². The first kappa shape index (κ1) is 12.0. The van der Waals surface area contributed by atoms with E-state index in [9.17, 15) is 4.79 Å². The molecule has 92 valence electrons. The molecule has 1 unspecified atom stereocenters. The maximum Gasteiger partial charge on any atom is 0.227 e. The summed E-state index contributed by atoms with van der Waals surface area (Å²) in [5.41, 5.74) is 0.988. The van der Waals surface area contributed by atoms with Crippen LogP contribution in [0.1, 0.15) is 18.9 Å². The van der Waals surface area contributed by atoms with Gasteiger partial charge in [0.25, 0.3) is 0 Å². The molecule has 0 saturated carbocycles. The standard InChI is InChI=1S/C13H19N3O/c1-2-16(12-5-7-15-10-12)13(17)8-11-4-3-6-14-9-11/h3-4,6,9,12,15H,2,5,7-8,10H2,1H3. The number of hydrogen-bond donors (Lipinski definition) is 1. The Labute approximate surface area is 102 Å². The zero-order chi connectivity index (χ0) is 12.1. The molecule has 4 heteroatoms. The van der Waals surface area contributed by atoms with Crippen molar-refractivity contribution in [3.05, 3.63) is 30.1 Å². The van der Waals surface area contributed by atoms with E-state index in [2.05, 4.69) is 10.3 Å². The molecule has 0 aromatic carbocycles. The second kappa shape index (κ2) is 5.77. The normalized spacial score (nSPS) is 19.2.